The predicted molar refractivity (Wildman–Crippen MR) is 115 cm³/mol. The molecule has 6 rings (SSSR count). The molecule has 2 saturated heterocycles. The lowest BCUT2D eigenvalue weighted by Crippen LogP contribution is -2.39. The maximum atomic E-state index is 12.5. The molecule has 0 radical (unpaired) electrons. The molecular formula is C23H27N5O. The third-order valence-corrected chi connectivity index (χ3v) is 7.43. The summed E-state index contributed by atoms with van der Waals surface area (Å²) in [6.45, 7) is 4.41. The van der Waals surface area contributed by atoms with E-state index in [2.05, 4.69) is 26.8 Å². The number of carbonyl (C=O) groups is 1. The summed E-state index contributed by atoms with van der Waals surface area (Å²) in [5, 5.41) is 3.52. The molecule has 3 aliphatic rings. The SMILES string of the molecule is NC(=O)c1c2c(c(N3CCC4(CCNCC4)C3)n3c1nc1ccccc13)CCC2. The number of hydrogen-bond donors (Lipinski definition) is 2. The number of nitrogens with two attached hydrogens (primary N) is 1. The van der Waals surface area contributed by atoms with E-state index in [0.717, 1.165) is 67.7 Å². The molecule has 3 N–H and O–H groups in total. The summed E-state index contributed by atoms with van der Waals surface area (Å²) in [7, 11) is 0. The predicted octanol–water partition coefficient (Wildman–Crippen LogP) is 2.66. The maximum absolute atomic E-state index is 12.5. The Morgan fingerprint density at radius 3 is 2.72 bits per heavy atom. The molecule has 150 valence electrons. The van der Waals surface area contributed by atoms with Crippen LogP contribution in [0, 0.1) is 5.41 Å². The molecule has 1 amide bonds. The van der Waals surface area contributed by atoms with Crippen molar-refractivity contribution in [3.8, 4) is 0 Å². The summed E-state index contributed by atoms with van der Waals surface area (Å²) in [5.41, 5.74) is 12.1. The number of hydrogen-bond acceptors (Lipinski definition) is 4. The van der Waals surface area contributed by atoms with Crippen LogP contribution in [0.1, 0.15) is 47.2 Å². The van der Waals surface area contributed by atoms with Gasteiger partial charge in [0.2, 0.25) is 0 Å². The second-order valence-electron chi connectivity index (χ2n) is 9.05. The van der Waals surface area contributed by atoms with Crippen LogP contribution in [0.2, 0.25) is 0 Å². The molecule has 2 aliphatic heterocycles. The summed E-state index contributed by atoms with van der Waals surface area (Å²) in [6, 6.07) is 8.20. The van der Waals surface area contributed by atoms with Gasteiger partial charge in [0.15, 0.2) is 5.65 Å². The number of para-hydroxylation sites is 2. The zero-order valence-corrected chi connectivity index (χ0v) is 16.7. The monoisotopic (exact) mass is 389 g/mol. The second-order valence-corrected chi connectivity index (χ2v) is 9.05. The Hall–Kier alpha value is -2.60. The minimum atomic E-state index is -0.355. The van der Waals surface area contributed by atoms with Gasteiger partial charge in [-0.3, -0.25) is 9.20 Å². The summed E-state index contributed by atoms with van der Waals surface area (Å²) in [6.07, 6.45) is 6.76. The van der Waals surface area contributed by atoms with Crippen LogP contribution < -0.4 is 16.0 Å². The van der Waals surface area contributed by atoms with Crippen molar-refractivity contribution in [3.05, 3.63) is 41.0 Å². The Labute approximate surface area is 170 Å². The first-order valence-electron chi connectivity index (χ1n) is 10.9. The van der Waals surface area contributed by atoms with Gasteiger partial charge in [0, 0.05) is 13.1 Å². The van der Waals surface area contributed by atoms with Gasteiger partial charge in [-0.05, 0) is 80.3 Å². The molecular weight excluding hydrogens is 362 g/mol. The van der Waals surface area contributed by atoms with Crippen LogP contribution in [0.4, 0.5) is 5.82 Å². The number of carbonyl (C=O) groups excluding carboxylic acids is 1. The van der Waals surface area contributed by atoms with Gasteiger partial charge in [-0.1, -0.05) is 12.1 Å². The fourth-order valence-electron chi connectivity index (χ4n) is 6.02. The van der Waals surface area contributed by atoms with Gasteiger partial charge in [-0.25, -0.2) is 4.98 Å². The average Bonchev–Trinajstić information content (AvgIpc) is 3.44. The molecule has 0 unspecified atom stereocenters. The van der Waals surface area contributed by atoms with Crippen molar-refractivity contribution < 1.29 is 4.79 Å². The number of benzene rings is 1. The smallest absolute Gasteiger partial charge is 0.252 e. The van der Waals surface area contributed by atoms with Crippen LogP contribution in [-0.2, 0) is 12.8 Å². The summed E-state index contributed by atoms with van der Waals surface area (Å²) in [4.78, 5) is 19.9. The zero-order chi connectivity index (χ0) is 19.6. The van der Waals surface area contributed by atoms with E-state index in [1.807, 2.05) is 12.1 Å². The van der Waals surface area contributed by atoms with Crippen molar-refractivity contribution in [1.29, 1.82) is 0 Å². The first kappa shape index (κ1) is 17.3. The minimum Gasteiger partial charge on any atom is -0.365 e. The molecule has 0 saturated carbocycles. The Morgan fingerprint density at radius 2 is 1.90 bits per heavy atom. The van der Waals surface area contributed by atoms with Gasteiger partial charge in [0.05, 0.1) is 16.6 Å². The largest absolute Gasteiger partial charge is 0.365 e. The Balaban J connectivity index is 1.62. The lowest BCUT2D eigenvalue weighted by Gasteiger charge is -2.34. The van der Waals surface area contributed by atoms with Crippen molar-refractivity contribution in [2.24, 2.45) is 11.1 Å². The number of aromatic nitrogens is 2. The quantitative estimate of drug-likeness (QED) is 0.707. The lowest BCUT2D eigenvalue weighted by molar-refractivity contribution is 0.100. The van der Waals surface area contributed by atoms with Crippen LogP contribution in [-0.4, -0.2) is 41.5 Å². The van der Waals surface area contributed by atoms with Crippen LogP contribution in [0.5, 0.6) is 0 Å². The fraction of sp³-hybridized carbons (Fsp3) is 0.478. The first-order valence-corrected chi connectivity index (χ1v) is 10.9. The van der Waals surface area contributed by atoms with Gasteiger partial charge >= 0.3 is 0 Å². The number of amides is 1. The molecule has 1 aliphatic carbocycles. The molecule has 1 spiro atoms. The highest BCUT2D eigenvalue weighted by atomic mass is 16.1. The van der Waals surface area contributed by atoms with Gasteiger partial charge in [-0.2, -0.15) is 0 Å². The Kier molecular flexibility index (Phi) is 3.69. The van der Waals surface area contributed by atoms with Gasteiger partial charge in [0.25, 0.3) is 5.91 Å². The summed E-state index contributed by atoms with van der Waals surface area (Å²) >= 11 is 0. The number of piperidine rings is 1. The molecule has 1 aromatic carbocycles. The first-order chi connectivity index (χ1) is 14.2. The van der Waals surface area contributed by atoms with Crippen LogP contribution in [0.3, 0.4) is 0 Å². The standard InChI is InChI=1S/C23H27N5O/c24-20(29)19-15-4-3-5-16(15)22(27-13-10-23(14-27)8-11-25-12-9-23)28-18-7-2-1-6-17(18)26-21(19)28/h1-2,6-7,25H,3-5,8-14H2,(H2,24,29). The molecule has 3 aromatic rings. The van der Waals surface area contributed by atoms with E-state index in [1.54, 1.807) is 0 Å². The number of anilines is 1. The number of primary amides is 1. The number of fused-ring (bicyclic) bond motifs is 4. The minimum absolute atomic E-state index is 0.355. The number of nitrogens with one attached hydrogen (secondary N) is 1. The Bertz CT molecular complexity index is 1140. The highest BCUT2D eigenvalue weighted by molar-refractivity contribution is 6.03. The zero-order valence-electron chi connectivity index (χ0n) is 16.7. The van der Waals surface area contributed by atoms with Crippen molar-refractivity contribution in [1.82, 2.24) is 14.7 Å². The lowest BCUT2D eigenvalue weighted by atomic mass is 9.78. The molecule has 4 heterocycles. The molecule has 0 bridgehead atoms. The fourth-order valence-corrected chi connectivity index (χ4v) is 6.02. The van der Waals surface area contributed by atoms with E-state index < -0.39 is 0 Å². The highest BCUT2D eigenvalue weighted by Gasteiger charge is 2.41. The summed E-state index contributed by atoms with van der Waals surface area (Å²) < 4.78 is 2.24. The van der Waals surface area contributed by atoms with E-state index in [9.17, 15) is 4.79 Å². The van der Waals surface area contributed by atoms with Gasteiger partial charge in [0.1, 0.15) is 5.82 Å². The van der Waals surface area contributed by atoms with Gasteiger partial charge in [-0.15, -0.1) is 0 Å². The van der Waals surface area contributed by atoms with E-state index in [4.69, 9.17) is 10.7 Å². The molecule has 6 nitrogen and oxygen atoms in total. The third-order valence-electron chi connectivity index (χ3n) is 7.43. The molecule has 29 heavy (non-hydrogen) atoms. The van der Waals surface area contributed by atoms with Crippen molar-refractivity contribution >= 4 is 28.4 Å². The number of imidazole rings is 1. The topological polar surface area (TPSA) is 75.7 Å². The van der Waals surface area contributed by atoms with E-state index in [0.29, 0.717) is 11.0 Å². The van der Waals surface area contributed by atoms with Gasteiger partial charge < -0.3 is 16.0 Å². The van der Waals surface area contributed by atoms with E-state index in [1.165, 1.54) is 30.6 Å². The molecule has 2 fully saturated rings. The van der Waals surface area contributed by atoms with Crippen LogP contribution >= 0.6 is 0 Å². The molecule has 6 heteroatoms. The summed E-state index contributed by atoms with van der Waals surface area (Å²) in [5.74, 6) is 0.910. The average molecular weight is 390 g/mol. The van der Waals surface area contributed by atoms with E-state index in [-0.39, 0.29) is 5.91 Å². The number of nitrogens with zero attached hydrogens (tertiary/aromatic N) is 3. The van der Waals surface area contributed by atoms with Crippen molar-refractivity contribution in [2.45, 2.75) is 38.5 Å². The number of rotatable bonds is 2. The normalized spacial score (nSPS) is 20.8. The number of pyridine rings is 1. The third kappa shape index (κ3) is 2.45. The van der Waals surface area contributed by atoms with Crippen molar-refractivity contribution in [3.63, 3.8) is 0 Å². The van der Waals surface area contributed by atoms with Crippen LogP contribution in [0.15, 0.2) is 24.3 Å². The maximum Gasteiger partial charge on any atom is 0.252 e. The second kappa shape index (κ2) is 6.20. The Morgan fingerprint density at radius 1 is 1.10 bits per heavy atom. The molecule has 0 atom stereocenters. The highest BCUT2D eigenvalue weighted by Crippen LogP contribution is 2.44. The van der Waals surface area contributed by atoms with Crippen LogP contribution in [0.25, 0.3) is 16.7 Å². The van der Waals surface area contributed by atoms with E-state index >= 15 is 0 Å². The molecule has 2 aromatic heterocycles. The van der Waals surface area contributed by atoms with Crippen molar-refractivity contribution in [2.75, 3.05) is 31.1 Å².